The monoisotopic (exact) mass is 462 g/mol. The largest absolute Gasteiger partial charge is 0.449 e. The average molecular weight is 463 g/mol. The first kappa shape index (κ1) is 23.9. The van der Waals surface area contributed by atoms with Gasteiger partial charge in [-0.15, -0.1) is 0 Å². The van der Waals surface area contributed by atoms with Gasteiger partial charge in [0.2, 0.25) is 10.0 Å². The molecule has 9 heteroatoms. The normalized spacial score (nSPS) is 15.7. The fourth-order valence-electron chi connectivity index (χ4n) is 3.49. The van der Waals surface area contributed by atoms with Crippen molar-refractivity contribution in [2.24, 2.45) is 0 Å². The van der Waals surface area contributed by atoms with Crippen LogP contribution in [-0.4, -0.2) is 43.8 Å². The molecular weight excluding hydrogens is 435 g/mol. The van der Waals surface area contributed by atoms with E-state index in [4.69, 9.17) is 4.74 Å². The summed E-state index contributed by atoms with van der Waals surface area (Å²) in [7, 11) is -4.07. The Morgan fingerprint density at radius 2 is 1.78 bits per heavy atom. The fourth-order valence-corrected chi connectivity index (χ4v) is 5.10. The minimum atomic E-state index is -4.07. The number of nitrogens with zero attached hydrogens (tertiary/aromatic N) is 1. The molecule has 172 valence electrons. The number of halogens is 1. The molecule has 0 aromatic heterocycles. The van der Waals surface area contributed by atoms with Crippen LogP contribution >= 0.6 is 0 Å². The molecule has 1 amide bonds. The third-order valence-corrected chi connectivity index (χ3v) is 7.24. The van der Waals surface area contributed by atoms with Crippen molar-refractivity contribution in [1.82, 2.24) is 9.62 Å². The molecule has 0 radical (unpaired) electrons. The van der Waals surface area contributed by atoms with Crippen LogP contribution in [0.5, 0.6) is 0 Å². The maximum Gasteiger partial charge on any atom is 0.338 e. The van der Waals surface area contributed by atoms with E-state index >= 15 is 0 Å². The molecule has 0 spiro atoms. The minimum absolute atomic E-state index is 0.128. The molecule has 1 saturated heterocycles. The van der Waals surface area contributed by atoms with Crippen LogP contribution in [0.25, 0.3) is 0 Å². The fraction of sp³-hybridized carbons (Fsp3) is 0.391. The van der Waals surface area contributed by atoms with Gasteiger partial charge in [-0.3, -0.25) is 4.79 Å². The zero-order valence-corrected chi connectivity index (χ0v) is 18.7. The van der Waals surface area contributed by atoms with E-state index in [9.17, 15) is 22.4 Å². The number of benzene rings is 2. The number of esters is 1. The van der Waals surface area contributed by atoms with E-state index in [1.54, 1.807) is 6.92 Å². The van der Waals surface area contributed by atoms with Gasteiger partial charge in [0.1, 0.15) is 10.7 Å². The summed E-state index contributed by atoms with van der Waals surface area (Å²) >= 11 is 0. The summed E-state index contributed by atoms with van der Waals surface area (Å²) in [5.74, 6) is -2.28. The Bertz CT molecular complexity index is 1050. The predicted molar refractivity (Wildman–Crippen MR) is 117 cm³/mol. The third kappa shape index (κ3) is 5.72. The first-order valence-corrected chi connectivity index (χ1v) is 12.1. The molecule has 1 N–H and O–H groups in total. The van der Waals surface area contributed by atoms with Gasteiger partial charge in [0, 0.05) is 19.6 Å². The van der Waals surface area contributed by atoms with Gasteiger partial charge < -0.3 is 10.1 Å². The first-order valence-electron chi connectivity index (χ1n) is 10.6. The molecule has 1 atom stereocenters. The van der Waals surface area contributed by atoms with Crippen LogP contribution in [0.4, 0.5) is 4.39 Å². The highest BCUT2D eigenvalue weighted by atomic mass is 32.2. The predicted octanol–water partition coefficient (Wildman–Crippen LogP) is 3.25. The molecule has 1 heterocycles. The number of hydrogen-bond donors (Lipinski definition) is 1. The Morgan fingerprint density at radius 3 is 2.44 bits per heavy atom. The number of carbonyl (C=O) groups is 2. The van der Waals surface area contributed by atoms with Crippen molar-refractivity contribution in [1.29, 1.82) is 0 Å². The summed E-state index contributed by atoms with van der Waals surface area (Å²) in [6.45, 7) is 2.60. The highest BCUT2D eigenvalue weighted by Crippen LogP contribution is 2.24. The van der Waals surface area contributed by atoms with E-state index in [1.165, 1.54) is 4.31 Å². The Hall–Kier alpha value is -2.78. The Morgan fingerprint density at radius 1 is 1.09 bits per heavy atom. The number of sulfonamides is 1. The van der Waals surface area contributed by atoms with Crippen LogP contribution in [0, 0.1) is 5.82 Å². The Labute approximate surface area is 187 Å². The summed E-state index contributed by atoms with van der Waals surface area (Å²) in [5, 5.41) is 2.72. The summed E-state index contributed by atoms with van der Waals surface area (Å²) in [4.78, 5) is 24.5. The minimum Gasteiger partial charge on any atom is -0.449 e. The second-order valence-corrected chi connectivity index (χ2v) is 9.52. The van der Waals surface area contributed by atoms with E-state index < -0.39 is 38.7 Å². The van der Waals surface area contributed by atoms with Gasteiger partial charge in [0.25, 0.3) is 5.91 Å². The standard InChI is InChI=1S/C23H27FN2O5S/c1-2-20(22(27)25-16-17-9-5-3-6-10-17)31-23(28)18-11-12-19(24)21(15-18)32(29,30)26-13-7-4-8-14-26/h3,5-6,9-12,15,20H,2,4,7-8,13-14,16H2,1H3,(H,25,27). The quantitative estimate of drug-likeness (QED) is 0.608. The zero-order chi connectivity index (χ0) is 23.1. The van der Waals surface area contributed by atoms with Crippen molar-refractivity contribution in [2.75, 3.05) is 13.1 Å². The summed E-state index contributed by atoms with van der Waals surface area (Å²) in [6.07, 6.45) is 1.51. The number of carbonyl (C=O) groups excluding carboxylic acids is 2. The Kier molecular flexibility index (Phi) is 7.98. The van der Waals surface area contributed by atoms with Gasteiger partial charge in [-0.25, -0.2) is 17.6 Å². The van der Waals surface area contributed by atoms with Crippen LogP contribution in [0.3, 0.4) is 0 Å². The third-order valence-electron chi connectivity index (χ3n) is 5.32. The highest BCUT2D eigenvalue weighted by molar-refractivity contribution is 7.89. The molecule has 7 nitrogen and oxygen atoms in total. The summed E-state index contributed by atoms with van der Waals surface area (Å²) < 4.78 is 46.6. The smallest absolute Gasteiger partial charge is 0.338 e. The van der Waals surface area contributed by atoms with Crippen LogP contribution in [0.15, 0.2) is 53.4 Å². The number of ether oxygens (including phenoxy) is 1. The number of amides is 1. The van der Waals surface area contributed by atoms with Gasteiger partial charge >= 0.3 is 5.97 Å². The molecule has 1 fully saturated rings. The molecule has 3 rings (SSSR count). The molecule has 0 bridgehead atoms. The second-order valence-electron chi connectivity index (χ2n) is 7.62. The van der Waals surface area contributed by atoms with E-state index in [2.05, 4.69) is 5.32 Å². The molecule has 2 aromatic rings. The van der Waals surface area contributed by atoms with Gasteiger partial charge in [-0.05, 0) is 43.0 Å². The topological polar surface area (TPSA) is 92.8 Å². The average Bonchev–Trinajstić information content (AvgIpc) is 2.82. The van der Waals surface area contributed by atoms with Crippen molar-refractivity contribution in [3.63, 3.8) is 0 Å². The van der Waals surface area contributed by atoms with Crippen LogP contribution in [-0.2, 0) is 26.1 Å². The van der Waals surface area contributed by atoms with Crippen molar-refractivity contribution in [2.45, 2.75) is 50.2 Å². The van der Waals surface area contributed by atoms with E-state index in [-0.39, 0.29) is 18.5 Å². The molecule has 1 aliphatic rings. The van der Waals surface area contributed by atoms with Gasteiger partial charge in [0.15, 0.2) is 6.10 Å². The maximum absolute atomic E-state index is 14.4. The molecule has 0 saturated carbocycles. The van der Waals surface area contributed by atoms with Gasteiger partial charge in [0.05, 0.1) is 5.56 Å². The Balaban J connectivity index is 1.71. The van der Waals surface area contributed by atoms with Crippen LogP contribution in [0.1, 0.15) is 48.5 Å². The highest BCUT2D eigenvalue weighted by Gasteiger charge is 2.30. The van der Waals surface area contributed by atoms with Gasteiger partial charge in [-0.1, -0.05) is 43.7 Å². The number of nitrogens with one attached hydrogen (secondary N) is 1. The van der Waals surface area contributed by atoms with E-state index in [1.807, 2.05) is 30.3 Å². The lowest BCUT2D eigenvalue weighted by Gasteiger charge is -2.26. The molecule has 2 aromatic carbocycles. The number of hydrogen-bond acceptors (Lipinski definition) is 5. The lowest BCUT2D eigenvalue weighted by Crippen LogP contribution is -2.37. The van der Waals surface area contributed by atoms with Crippen molar-refractivity contribution in [3.8, 4) is 0 Å². The van der Waals surface area contributed by atoms with E-state index in [0.717, 1.165) is 30.2 Å². The van der Waals surface area contributed by atoms with Gasteiger partial charge in [-0.2, -0.15) is 4.31 Å². The molecule has 0 aliphatic carbocycles. The van der Waals surface area contributed by atoms with E-state index in [0.29, 0.717) is 25.9 Å². The lowest BCUT2D eigenvalue weighted by molar-refractivity contribution is -0.130. The lowest BCUT2D eigenvalue weighted by atomic mass is 10.2. The molecule has 1 unspecified atom stereocenters. The molecule has 32 heavy (non-hydrogen) atoms. The molecular formula is C23H27FN2O5S. The van der Waals surface area contributed by atoms with Crippen molar-refractivity contribution < 1.29 is 27.1 Å². The van der Waals surface area contributed by atoms with Crippen LogP contribution < -0.4 is 5.32 Å². The summed E-state index contributed by atoms with van der Waals surface area (Å²) in [6, 6.07) is 12.4. The number of piperidine rings is 1. The SMILES string of the molecule is CCC(OC(=O)c1ccc(F)c(S(=O)(=O)N2CCCCC2)c1)C(=O)NCc1ccccc1. The molecule has 1 aliphatic heterocycles. The number of rotatable bonds is 8. The summed E-state index contributed by atoms with van der Waals surface area (Å²) in [5.41, 5.74) is 0.768. The van der Waals surface area contributed by atoms with Crippen molar-refractivity contribution >= 4 is 21.9 Å². The van der Waals surface area contributed by atoms with Crippen LogP contribution in [0.2, 0.25) is 0 Å². The maximum atomic E-state index is 14.4. The first-order chi connectivity index (χ1) is 15.3. The van der Waals surface area contributed by atoms with Crippen molar-refractivity contribution in [3.05, 3.63) is 65.5 Å². The second kappa shape index (κ2) is 10.7. The zero-order valence-electron chi connectivity index (χ0n) is 17.9.